The smallest absolute Gasteiger partial charge is 0.273 e. The lowest BCUT2D eigenvalue weighted by atomic mass is 10.1. The van der Waals surface area contributed by atoms with E-state index in [-0.39, 0.29) is 11.6 Å². The molecule has 25 heavy (non-hydrogen) atoms. The third-order valence-corrected chi connectivity index (χ3v) is 4.12. The first kappa shape index (κ1) is 17.5. The van der Waals surface area contributed by atoms with Gasteiger partial charge >= 0.3 is 0 Å². The summed E-state index contributed by atoms with van der Waals surface area (Å²) in [5.41, 5.74) is 1.07. The molecular formula is C18H14BrClN2O3. The molecule has 0 atom stereocenters. The highest BCUT2D eigenvalue weighted by molar-refractivity contribution is 9.10. The molecular weight excluding hydrogens is 408 g/mol. The minimum Gasteiger partial charge on any atom is -0.492 e. The molecule has 0 unspecified atom stereocenters. The van der Waals surface area contributed by atoms with Crippen LogP contribution < -0.4 is 10.1 Å². The molecule has 1 N–H and O–H groups in total. The predicted molar refractivity (Wildman–Crippen MR) is 98.9 cm³/mol. The number of benzene rings is 2. The Hall–Kier alpha value is -2.31. The first-order valence-corrected chi connectivity index (χ1v) is 8.68. The maximum absolute atomic E-state index is 12.1. The highest BCUT2D eigenvalue weighted by Crippen LogP contribution is 2.22. The minimum atomic E-state index is -0.313. The van der Waals surface area contributed by atoms with E-state index in [1.54, 1.807) is 30.3 Å². The number of halogens is 2. The molecule has 3 aromatic rings. The van der Waals surface area contributed by atoms with Gasteiger partial charge < -0.3 is 14.6 Å². The van der Waals surface area contributed by atoms with Gasteiger partial charge in [0.05, 0.1) is 6.54 Å². The molecule has 0 aliphatic carbocycles. The zero-order chi connectivity index (χ0) is 17.6. The van der Waals surface area contributed by atoms with Crippen LogP contribution in [-0.4, -0.2) is 24.2 Å². The molecule has 7 heteroatoms. The number of carbonyl (C=O) groups is 1. The molecule has 0 saturated heterocycles. The second-order valence-electron chi connectivity index (χ2n) is 5.14. The van der Waals surface area contributed by atoms with Crippen LogP contribution in [0.25, 0.3) is 11.3 Å². The van der Waals surface area contributed by atoms with Gasteiger partial charge in [0.1, 0.15) is 12.4 Å². The molecule has 1 heterocycles. The Bertz CT molecular complexity index is 848. The molecule has 0 radical (unpaired) electrons. The van der Waals surface area contributed by atoms with Crippen LogP contribution in [0.4, 0.5) is 0 Å². The van der Waals surface area contributed by atoms with E-state index in [0.29, 0.717) is 29.7 Å². The standard InChI is InChI=1S/C18H14BrClN2O3/c19-13-3-1-12(2-4-13)17-11-16(22-25-17)18(23)21-9-10-24-15-7-5-14(20)6-8-15/h1-8,11H,9-10H2,(H,21,23). The zero-order valence-electron chi connectivity index (χ0n) is 13.0. The SMILES string of the molecule is O=C(NCCOc1ccc(Cl)cc1)c1cc(-c2ccc(Br)cc2)on1. The van der Waals surface area contributed by atoms with Crippen LogP contribution in [-0.2, 0) is 0 Å². The van der Waals surface area contributed by atoms with Crippen molar-refractivity contribution in [2.75, 3.05) is 13.2 Å². The van der Waals surface area contributed by atoms with Gasteiger partial charge in [-0.15, -0.1) is 0 Å². The Kier molecular flexibility index (Phi) is 5.73. The lowest BCUT2D eigenvalue weighted by molar-refractivity contribution is 0.0938. The number of nitrogens with zero attached hydrogens (tertiary/aromatic N) is 1. The first-order chi connectivity index (χ1) is 12.1. The number of amides is 1. The normalized spacial score (nSPS) is 10.5. The lowest BCUT2D eigenvalue weighted by Gasteiger charge is -2.06. The van der Waals surface area contributed by atoms with Gasteiger partial charge in [0.15, 0.2) is 11.5 Å². The summed E-state index contributed by atoms with van der Waals surface area (Å²) in [4.78, 5) is 12.1. The van der Waals surface area contributed by atoms with Crippen molar-refractivity contribution in [3.8, 4) is 17.1 Å². The summed E-state index contributed by atoms with van der Waals surface area (Å²) in [6.45, 7) is 0.687. The average molecular weight is 422 g/mol. The minimum absolute atomic E-state index is 0.226. The highest BCUT2D eigenvalue weighted by Gasteiger charge is 2.13. The van der Waals surface area contributed by atoms with E-state index in [1.807, 2.05) is 24.3 Å². The number of nitrogens with one attached hydrogen (secondary N) is 1. The third kappa shape index (κ3) is 4.84. The van der Waals surface area contributed by atoms with Crippen LogP contribution in [0, 0.1) is 0 Å². The second kappa shape index (κ2) is 8.18. The van der Waals surface area contributed by atoms with Crippen molar-refractivity contribution in [1.82, 2.24) is 10.5 Å². The molecule has 128 valence electrons. The first-order valence-electron chi connectivity index (χ1n) is 7.51. The average Bonchev–Trinajstić information content (AvgIpc) is 3.11. The van der Waals surface area contributed by atoms with Crippen molar-refractivity contribution < 1.29 is 14.1 Å². The Morgan fingerprint density at radius 2 is 1.88 bits per heavy atom. The number of ether oxygens (including phenoxy) is 1. The largest absolute Gasteiger partial charge is 0.492 e. The molecule has 0 bridgehead atoms. The molecule has 0 spiro atoms. The van der Waals surface area contributed by atoms with Crippen LogP contribution >= 0.6 is 27.5 Å². The second-order valence-corrected chi connectivity index (χ2v) is 6.49. The summed E-state index contributed by atoms with van der Waals surface area (Å²) >= 11 is 9.18. The van der Waals surface area contributed by atoms with Gasteiger partial charge in [0.2, 0.25) is 0 Å². The maximum atomic E-state index is 12.1. The van der Waals surface area contributed by atoms with E-state index in [2.05, 4.69) is 26.4 Å². The van der Waals surface area contributed by atoms with Gasteiger partial charge in [-0.3, -0.25) is 4.79 Å². The van der Waals surface area contributed by atoms with E-state index in [0.717, 1.165) is 10.0 Å². The van der Waals surface area contributed by atoms with Crippen molar-refractivity contribution in [3.05, 3.63) is 69.8 Å². The quantitative estimate of drug-likeness (QED) is 0.592. The fourth-order valence-corrected chi connectivity index (χ4v) is 2.48. The summed E-state index contributed by atoms with van der Waals surface area (Å²) in [7, 11) is 0. The monoisotopic (exact) mass is 420 g/mol. The molecule has 0 aliphatic rings. The maximum Gasteiger partial charge on any atom is 0.273 e. The van der Waals surface area contributed by atoms with Crippen molar-refractivity contribution in [2.24, 2.45) is 0 Å². The Morgan fingerprint density at radius 3 is 2.60 bits per heavy atom. The number of rotatable bonds is 6. The van der Waals surface area contributed by atoms with Crippen molar-refractivity contribution in [2.45, 2.75) is 0 Å². The third-order valence-electron chi connectivity index (χ3n) is 3.34. The highest BCUT2D eigenvalue weighted by atomic mass is 79.9. The van der Waals surface area contributed by atoms with E-state index < -0.39 is 0 Å². The fourth-order valence-electron chi connectivity index (χ4n) is 2.09. The van der Waals surface area contributed by atoms with Crippen LogP contribution in [0.3, 0.4) is 0 Å². The van der Waals surface area contributed by atoms with E-state index >= 15 is 0 Å². The number of hydrogen-bond donors (Lipinski definition) is 1. The summed E-state index contributed by atoms with van der Waals surface area (Å²) in [5.74, 6) is 0.916. The van der Waals surface area contributed by atoms with Crippen molar-refractivity contribution in [1.29, 1.82) is 0 Å². The Balaban J connectivity index is 1.50. The fraction of sp³-hybridized carbons (Fsp3) is 0.111. The van der Waals surface area contributed by atoms with E-state index in [4.69, 9.17) is 20.9 Å². The summed E-state index contributed by atoms with van der Waals surface area (Å²) in [6, 6.07) is 16.2. The van der Waals surface area contributed by atoms with Gasteiger partial charge in [-0.05, 0) is 36.4 Å². The molecule has 0 aliphatic heterocycles. The number of hydrogen-bond acceptors (Lipinski definition) is 4. The Morgan fingerprint density at radius 1 is 1.16 bits per heavy atom. The summed E-state index contributed by atoms with van der Waals surface area (Å²) in [5, 5.41) is 7.19. The molecule has 2 aromatic carbocycles. The van der Waals surface area contributed by atoms with Crippen LogP contribution in [0.15, 0.2) is 63.6 Å². The van der Waals surface area contributed by atoms with Crippen LogP contribution in [0.2, 0.25) is 5.02 Å². The van der Waals surface area contributed by atoms with Gasteiger partial charge in [-0.2, -0.15) is 0 Å². The molecule has 1 aromatic heterocycles. The van der Waals surface area contributed by atoms with Gasteiger partial charge in [-0.25, -0.2) is 0 Å². The Labute approximate surface area is 158 Å². The zero-order valence-corrected chi connectivity index (χ0v) is 15.4. The predicted octanol–water partition coefficient (Wildman–Crippen LogP) is 4.57. The summed E-state index contributed by atoms with van der Waals surface area (Å²) in [6.07, 6.45) is 0. The van der Waals surface area contributed by atoms with Crippen molar-refractivity contribution in [3.63, 3.8) is 0 Å². The molecule has 5 nitrogen and oxygen atoms in total. The van der Waals surface area contributed by atoms with Gasteiger partial charge in [0.25, 0.3) is 5.91 Å². The number of aromatic nitrogens is 1. The summed E-state index contributed by atoms with van der Waals surface area (Å²) < 4.78 is 11.7. The van der Waals surface area contributed by atoms with Crippen LogP contribution in [0.5, 0.6) is 5.75 Å². The lowest BCUT2D eigenvalue weighted by Crippen LogP contribution is -2.28. The van der Waals surface area contributed by atoms with Crippen LogP contribution in [0.1, 0.15) is 10.5 Å². The van der Waals surface area contributed by atoms with E-state index in [9.17, 15) is 4.79 Å². The number of carbonyl (C=O) groups excluding carboxylic acids is 1. The molecule has 3 rings (SSSR count). The van der Waals surface area contributed by atoms with E-state index in [1.165, 1.54) is 0 Å². The molecule has 1 amide bonds. The van der Waals surface area contributed by atoms with Crippen molar-refractivity contribution >= 4 is 33.4 Å². The molecule has 0 saturated carbocycles. The van der Waals surface area contributed by atoms with Gasteiger partial charge in [0, 0.05) is 21.1 Å². The molecule has 0 fully saturated rings. The topological polar surface area (TPSA) is 64.4 Å². The van der Waals surface area contributed by atoms with Gasteiger partial charge in [-0.1, -0.05) is 44.8 Å².